The first-order chi connectivity index (χ1) is 8.67. The van der Waals surface area contributed by atoms with Gasteiger partial charge in [-0.1, -0.05) is 19.1 Å². The van der Waals surface area contributed by atoms with Gasteiger partial charge in [-0.2, -0.15) is 0 Å². The molecule has 18 heavy (non-hydrogen) atoms. The molecule has 1 unspecified atom stereocenters. The van der Waals surface area contributed by atoms with Crippen molar-refractivity contribution >= 4 is 0 Å². The average molecular weight is 253 g/mol. The van der Waals surface area contributed by atoms with Crippen molar-refractivity contribution < 1.29 is 14.6 Å². The minimum absolute atomic E-state index is 0.0718. The smallest absolute Gasteiger partial charge is 0.119 e. The Morgan fingerprint density at radius 3 is 2.39 bits per heavy atom. The Labute approximate surface area is 109 Å². The van der Waals surface area contributed by atoms with Crippen LogP contribution in [-0.2, 0) is 4.74 Å². The topological polar surface area (TPSA) is 64.7 Å². The van der Waals surface area contributed by atoms with E-state index in [-0.39, 0.29) is 12.6 Å². The van der Waals surface area contributed by atoms with E-state index in [1.54, 1.807) is 0 Å². The van der Waals surface area contributed by atoms with E-state index in [4.69, 9.17) is 15.2 Å². The Morgan fingerprint density at radius 2 is 1.83 bits per heavy atom. The number of rotatable bonds is 8. The van der Waals surface area contributed by atoms with Crippen molar-refractivity contribution in [2.45, 2.75) is 32.4 Å². The fourth-order valence-electron chi connectivity index (χ4n) is 1.54. The molecule has 0 aliphatic carbocycles. The van der Waals surface area contributed by atoms with Gasteiger partial charge in [-0.25, -0.2) is 0 Å². The highest BCUT2D eigenvalue weighted by atomic mass is 16.5. The van der Waals surface area contributed by atoms with E-state index in [9.17, 15) is 5.11 Å². The van der Waals surface area contributed by atoms with E-state index in [1.807, 2.05) is 31.2 Å². The monoisotopic (exact) mass is 253 g/mol. The van der Waals surface area contributed by atoms with Crippen molar-refractivity contribution in [2.24, 2.45) is 5.73 Å². The van der Waals surface area contributed by atoms with Gasteiger partial charge in [0.15, 0.2) is 0 Å². The summed E-state index contributed by atoms with van der Waals surface area (Å²) in [6.07, 6.45) is 0.315. The molecule has 0 spiro atoms. The second-order valence-electron chi connectivity index (χ2n) is 4.21. The summed E-state index contributed by atoms with van der Waals surface area (Å²) in [4.78, 5) is 0. The summed E-state index contributed by atoms with van der Waals surface area (Å²) in [7, 11) is 0. The first-order valence-electron chi connectivity index (χ1n) is 6.41. The normalized spacial score (nSPS) is 14.2. The standard InChI is InChI=1S/C14H23NO3/c1-3-14(15)11-5-7-13(8-6-11)18-10-12(16)9-17-4-2/h5-8,12,14,16H,3-4,9-10,15H2,1-2H3/t12?,14-/m1/s1. The number of aliphatic hydroxyl groups excluding tert-OH is 1. The van der Waals surface area contributed by atoms with Crippen molar-refractivity contribution in [1.82, 2.24) is 0 Å². The summed E-state index contributed by atoms with van der Waals surface area (Å²) in [5, 5.41) is 9.55. The van der Waals surface area contributed by atoms with Gasteiger partial charge in [0.2, 0.25) is 0 Å². The first kappa shape index (κ1) is 15.0. The number of hydrogen-bond acceptors (Lipinski definition) is 4. The van der Waals surface area contributed by atoms with E-state index in [0.717, 1.165) is 17.7 Å². The lowest BCUT2D eigenvalue weighted by molar-refractivity contribution is 0.0164. The molecule has 0 aliphatic rings. The third-order valence-corrected chi connectivity index (χ3v) is 2.70. The summed E-state index contributed by atoms with van der Waals surface area (Å²) in [5.74, 6) is 0.734. The Morgan fingerprint density at radius 1 is 1.17 bits per heavy atom. The lowest BCUT2D eigenvalue weighted by Gasteiger charge is -2.13. The maximum absolute atomic E-state index is 9.55. The minimum Gasteiger partial charge on any atom is -0.491 e. The molecular formula is C14H23NO3. The number of ether oxygens (including phenoxy) is 2. The number of nitrogens with two attached hydrogens (primary N) is 1. The summed E-state index contributed by atoms with van der Waals surface area (Å²) >= 11 is 0. The van der Waals surface area contributed by atoms with E-state index >= 15 is 0 Å². The van der Waals surface area contributed by atoms with Crippen LogP contribution < -0.4 is 10.5 Å². The van der Waals surface area contributed by atoms with Gasteiger partial charge in [-0.15, -0.1) is 0 Å². The second kappa shape index (κ2) is 8.08. The predicted octanol–water partition coefficient (Wildman–Crippen LogP) is 1.87. The van der Waals surface area contributed by atoms with Crippen LogP contribution in [0.3, 0.4) is 0 Å². The quantitative estimate of drug-likeness (QED) is 0.742. The largest absolute Gasteiger partial charge is 0.491 e. The van der Waals surface area contributed by atoms with Crippen LogP contribution in [0.1, 0.15) is 31.9 Å². The Balaban J connectivity index is 2.39. The molecule has 0 radical (unpaired) electrons. The van der Waals surface area contributed by atoms with Crippen LogP contribution in [0.2, 0.25) is 0 Å². The first-order valence-corrected chi connectivity index (χ1v) is 6.41. The van der Waals surface area contributed by atoms with Gasteiger partial charge in [0, 0.05) is 12.6 Å². The summed E-state index contributed by atoms with van der Waals surface area (Å²) < 4.78 is 10.6. The highest BCUT2D eigenvalue weighted by Crippen LogP contribution is 2.18. The minimum atomic E-state index is -0.595. The molecule has 0 amide bonds. The Hall–Kier alpha value is -1.10. The van der Waals surface area contributed by atoms with Gasteiger partial charge >= 0.3 is 0 Å². The molecule has 4 nitrogen and oxygen atoms in total. The molecule has 0 heterocycles. The fourth-order valence-corrected chi connectivity index (χ4v) is 1.54. The van der Waals surface area contributed by atoms with Gasteiger partial charge in [0.25, 0.3) is 0 Å². The summed E-state index contributed by atoms with van der Waals surface area (Å²) in [5.41, 5.74) is 7.02. The fraction of sp³-hybridized carbons (Fsp3) is 0.571. The molecule has 0 saturated carbocycles. The molecule has 0 bridgehead atoms. The van der Waals surface area contributed by atoms with Crippen LogP contribution >= 0.6 is 0 Å². The highest BCUT2D eigenvalue weighted by Gasteiger charge is 2.06. The Kier molecular flexibility index (Phi) is 6.72. The zero-order valence-electron chi connectivity index (χ0n) is 11.1. The Bertz CT molecular complexity index is 326. The zero-order chi connectivity index (χ0) is 13.4. The molecule has 0 fully saturated rings. The molecule has 2 atom stereocenters. The molecule has 102 valence electrons. The van der Waals surface area contributed by atoms with Crippen molar-refractivity contribution in [3.8, 4) is 5.75 Å². The third kappa shape index (κ3) is 5.04. The summed E-state index contributed by atoms with van der Waals surface area (Å²) in [6.45, 7) is 5.08. The lowest BCUT2D eigenvalue weighted by atomic mass is 10.1. The third-order valence-electron chi connectivity index (χ3n) is 2.70. The SMILES string of the molecule is CCOCC(O)COc1ccc([C@H](N)CC)cc1. The predicted molar refractivity (Wildman–Crippen MR) is 71.7 cm³/mol. The molecule has 0 aromatic heterocycles. The molecular weight excluding hydrogens is 230 g/mol. The molecule has 0 saturated heterocycles. The number of benzene rings is 1. The number of aliphatic hydroxyl groups is 1. The van der Waals surface area contributed by atoms with Crippen molar-refractivity contribution in [3.05, 3.63) is 29.8 Å². The van der Waals surface area contributed by atoms with Gasteiger partial charge in [0.1, 0.15) is 18.5 Å². The van der Waals surface area contributed by atoms with E-state index in [1.165, 1.54) is 0 Å². The second-order valence-corrected chi connectivity index (χ2v) is 4.21. The van der Waals surface area contributed by atoms with E-state index < -0.39 is 6.10 Å². The highest BCUT2D eigenvalue weighted by molar-refractivity contribution is 5.28. The summed E-state index contributed by atoms with van der Waals surface area (Å²) in [6, 6.07) is 7.73. The van der Waals surface area contributed by atoms with E-state index in [0.29, 0.717) is 13.2 Å². The van der Waals surface area contributed by atoms with Crippen molar-refractivity contribution in [2.75, 3.05) is 19.8 Å². The van der Waals surface area contributed by atoms with E-state index in [2.05, 4.69) is 6.92 Å². The maximum Gasteiger partial charge on any atom is 0.119 e. The van der Waals surface area contributed by atoms with Gasteiger partial charge in [-0.3, -0.25) is 0 Å². The van der Waals surface area contributed by atoms with Crippen LogP contribution in [0, 0.1) is 0 Å². The van der Waals surface area contributed by atoms with Gasteiger partial charge in [-0.05, 0) is 31.0 Å². The lowest BCUT2D eigenvalue weighted by Crippen LogP contribution is -2.23. The van der Waals surface area contributed by atoms with Crippen LogP contribution in [0.25, 0.3) is 0 Å². The van der Waals surface area contributed by atoms with Crippen LogP contribution in [-0.4, -0.2) is 31.0 Å². The maximum atomic E-state index is 9.55. The molecule has 1 rings (SSSR count). The van der Waals surface area contributed by atoms with Crippen LogP contribution in [0.4, 0.5) is 0 Å². The zero-order valence-corrected chi connectivity index (χ0v) is 11.1. The molecule has 1 aromatic carbocycles. The van der Waals surface area contributed by atoms with Crippen molar-refractivity contribution in [1.29, 1.82) is 0 Å². The molecule has 1 aromatic rings. The van der Waals surface area contributed by atoms with Gasteiger partial charge in [0.05, 0.1) is 6.61 Å². The van der Waals surface area contributed by atoms with Crippen LogP contribution in [0.15, 0.2) is 24.3 Å². The molecule has 4 heteroatoms. The average Bonchev–Trinajstić information content (AvgIpc) is 2.42. The number of hydrogen-bond donors (Lipinski definition) is 2. The molecule has 3 N–H and O–H groups in total. The molecule has 0 aliphatic heterocycles. The van der Waals surface area contributed by atoms with Crippen LogP contribution in [0.5, 0.6) is 5.75 Å². The van der Waals surface area contributed by atoms with Gasteiger partial charge < -0.3 is 20.3 Å². The van der Waals surface area contributed by atoms with Crippen molar-refractivity contribution in [3.63, 3.8) is 0 Å².